The molecule has 19 heavy (non-hydrogen) atoms. The molecule has 0 radical (unpaired) electrons. The molecule has 4 heteroatoms. The van der Waals surface area contributed by atoms with Gasteiger partial charge >= 0.3 is 0 Å². The van der Waals surface area contributed by atoms with Gasteiger partial charge in [0.25, 0.3) is 0 Å². The lowest BCUT2D eigenvalue weighted by Gasteiger charge is -2.42. The van der Waals surface area contributed by atoms with Gasteiger partial charge in [-0.1, -0.05) is 13.3 Å². The summed E-state index contributed by atoms with van der Waals surface area (Å²) in [5.41, 5.74) is 6.80. The fraction of sp³-hybridized carbons (Fsp3) is 0.800. The maximum absolute atomic E-state index is 10.8. The maximum Gasteiger partial charge on any atom is 0.102 e. The molecule has 0 spiro atoms. The zero-order valence-corrected chi connectivity index (χ0v) is 12.2. The minimum atomic E-state index is -0.488. The van der Waals surface area contributed by atoms with Gasteiger partial charge in [0.2, 0.25) is 0 Å². The smallest absolute Gasteiger partial charge is 0.102 e. The van der Waals surface area contributed by atoms with Gasteiger partial charge in [0.05, 0.1) is 5.69 Å². The number of aryl methyl sites for hydroxylation is 1. The van der Waals surface area contributed by atoms with Crippen molar-refractivity contribution in [3.8, 4) is 0 Å². The molecule has 108 valence electrons. The van der Waals surface area contributed by atoms with Gasteiger partial charge in [-0.3, -0.25) is 4.68 Å². The van der Waals surface area contributed by atoms with Gasteiger partial charge < -0.3 is 10.8 Å². The lowest BCUT2D eigenvalue weighted by atomic mass is 9.66. The third-order valence-corrected chi connectivity index (χ3v) is 4.99. The van der Waals surface area contributed by atoms with Gasteiger partial charge in [-0.15, -0.1) is 0 Å². The largest absolute Gasteiger partial charge is 0.386 e. The highest BCUT2D eigenvalue weighted by molar-refractivity contribution is 5.10. The van der Waals surface area contributed by atoms with Crippen LogP contribution in [-0.4, -0.2) is 21.4 Å². The van der Waals surface area contributed by atoms with Crippen LogP contribution in [0.3, 0.4) is 0 Å². The predicted octanol–water partition coefficient (Wildman–Crippen LogP) is 2.48. The molecule has 1 aliphatic rings. The first-order valence-electron chi connectivity index (χ1n) is 7.56. The zero-order chi connectivity index (χ0) is 13.9. The molecule has 3 N–H and O–H groups in total. The Morgan fingerprint density at radius 3 is 2.68 bits per heavy atom. The summed E-state index contributed by atoms with van der Waals surface area (Å²) in [7, 11) is 0. The van der Waals surface area contributed by atoms with Crippen molar-refractivity contribution >= 4 is 0 Å². The van der Waals surface area contributed by atoms with E-state index >= 15 is 0 Å². The minimum Gasteiger partial charge on any atom is -0.386 e. The molecule has 1 aliphatic carbocycles. The number of hydrogen-bond donors (Lipinski definition) is 2. The first-order chi connectivity index (χ1) is 9.16. The fourth-order valence-corrected chi connectivity index (χ4v) is 3.40. The molecule has 1 unspecified atom stereocenters. The van der Waals surface area contributed by atoms with Crippen molar-refractivity contribution < 1.29 is 5.11 Å². The number of nitrogens with two attached hydrogens (primary N) is 1. The highest BCUT2D eigenvalue weighted by atomic mass is 16.3. The van der Waals surface area contributed by atoms with Crippen LogP contribution < -0.4 is 5.73 Å². The predicted molar refractivity (Wildman–Crippen MR) is 76.6 cm³/mol. The summed E-state index contributed by atoms with van der Waals surface area (Å²) in [4.78, 5) is 0. The molecule has 0 amide bonds. The first-order valence-corrected chi connectivity index (χ1v) is 7.56. The van der Waals surface area contributed by atoms with Gasteiger partial charge in [-0.2, -0.15) is 5.10 Å². The summed E-state index contributed by atoms with van der Waals surface area (Å²) in [5.74, 6) is 0.808. The number of aliphatic hydroxyl groups is 1. The molecule has 1 atom stereocenters. The van der Waals surface area contributed by atoms with Gasteiger partial charge in [0, 0.05) is 24.7 Å². The second kappa shape index (κ2) is 6.06. The van der Waals surface area contributed by atoms with E-state index in [4.69, 9.17) is 5.73 Å². The number of aliphatic hydroxyl groups excluding tert-OH is 1. The average molecular weight is 265 g/mol. The van der Waals surface area contributed by atoms with Crippen molar-refractivity contribution in [2.24, 2.45) is 17.1 Å². The number of rotatable bonds is 5. The van der Waals surface area contributed by atoms with E-state index in [1.54, 1.807) is 6.20 Å². The zero-order valence-electron chi connectivity index (χ0n) is 12.2. The third kappa shape index (κ3) is 2.70. The van der Waals surface area contributed by atoms with Crippen molar-refractivity contribution in [1.82, 2.24) is 9.78 Å². The van der Waals surface area contributed by atoms with Crippen molar-refractivity contribution in [2.75, 3.05) is 6.54 Å². The SMILES string of the molecule is CCC1CCC(CN)(C(O)c2ccnn2CC)CC1. The van der Waals surface area contributed by atoms with E-state index in [1.807, 2.05) is 17.7 Å². The molecule has 1 fully saturated rings. The fourth-order valence-electron chi connectivity index (χ4n) is 3.40. The molecule has 1 saturated carbocycles. The van der Waals surface area contributed by atoms with Crippen LogP contribution in [0.2, 0.25) is 0 Å². The van der Waals surface area contributed by atoms with Gasteiger partial charge in [-0.05, 0) is 44.6 Å². The normalized spacial score (nSPS) is 29.4. The Kier molecular flexibility index (Phi) is 4.63. The standard InChI is InChI=1S/C15H27N3O/c1-3-12-5-8-15(11-16,9-6-12)14(19)13-7-10-17-18(13)4-2/h7,10,12,14,19H,3-6,8-9,11,16H2,1-2H3. The summed E-state index contributed by atoms with van der Waals surface area (Å²) in [6, 6.07) is 1.93. The second-order valence-electron chi connectivity index (χ2n) is 5.89. The van der Waals surface area contributed by atoms with E-state index < -0.39 is 6.10 Å². The summed E-state index contributed by atoms with van der Waals surface area (Å²) >= 11 is 0. The summed E-state index contributed by atoms with van der Waals surface area (Å²) in [6.07, 6.45) is 6.94. The van der Waals surface area contributed by atoms with Crippen LogP contribution in [0, 0.1) is 11.3 Å². The van der Waals surface area contributed by atoms with E-state index in [1.165, 1.54) is 19.3 Å². The van der Waals surface area contributed by atoms with Crippen molar-refractivity contribution in [3.63, 3.8) is 0 Å². The minimum absolute atomic E-state index is 0.154. The van der Waals surface area contributed by atoms with E-state index in [-0.39, 0.29) is 5.41 Å². The molecule has 1 aromatic heterocycles. The van der Waals surface area contributed by atoms with E-state index in [2.05, 4.69) is 12.0 Å². The highest BCUT2D eigenvalue weighted by Gasteiger charge is 2.41. The monoisotopic (exact) mass is 265 g/mol. The van der Waals surface area contributed by atoms with Gasteiger partial charge in [0.15, 0.2) is 0 Å². The molecule has 2 rings (SSSR count). The summed E-state index contributed by atoms with van der Waals surface area (Å²) in [6.45, 7) is 5.64. The van der Waals surface area contributed by atoms with Crippen LogP contribution >= 0.6 is 0 Å². The molecule has 4 nitrogen and oxygen atoms in total. The highest BCUT2D eigenvalue weighted by Crippen LogP contribution is 2.47. The molecule has 0 aromatic carbocycles. The molecule has 0 aliphatic heterocycles. The van der Waals surface area contributed by atoms with Gasteiger partial charge in [-0.25, -0.2) is 0 Å². The molecule has 0 saturated heterocycles. The van der Waals surface area contributed by atoms with Crippen molar-refractivity contribution in [2.45, 2.75) is 58.6 Å². The Labute approximate surface area is 116 Å². The number of aromatic nitrogens is 2. The van der Waals surface area contributed by atoms with Crippen molar-refractivity contribution in [3.05, 3.63) is 18.0 Å². The average Bonchev–Trinajstić information content (AvgIpc) is 2.94. The Hall–Kier alpha value is -0.870. The topological polar surface area (TPSA) is 64.1 Å². The first kappa shape index (κ1) is 14.5. The maximum atomic E-state index is 10.8. The van der Waals surface area contributed by atoms with E-state index in [9.17, 15) is 5.11 Å². The Morgan fingerprint density at radius 1 is 1.47 bits per heavy atom. The molecular formula is C15H27N3O. The Morgan fingerprint density at radius 2 is 2.16 bits per heavy atom. The molecule has 0 bridgehead atoms. The van der Waals surface area contributed by atoms with Crippen LogP contribution in [0.4, 0.5) is 0 Å². The number of hydrogen-bond acceptors (Lipinski definition) is 3. The number of nitrogens with zero attached hydrogens (tertiary/aromatic N) is 2. The van der Waals surface area contributed by atoms with E-state index in [0.29, 0.717) is 6.54 Å². The van der Waals surface area contributed by atoms with Crippen LogP contribution in [-0.2, 0) is 6.54 Å². The molecule has 1 heterocycles. The Bertz CT molecular complexity index is 394. The second-order valence-corrected chi connectivity index (χ2v) is 5.89. The van der Waals surface area contributed by atoms with Crippen LogP contribution in [0.25, 0.3) is 0 Å². The lowest BCUT2D eigenvalue weighted by molar-refractivity contribution is -0.0155. The molecular weight excluding hydrogens is 238 g/mol. The van der Waals surface area contributed by atoms with Crippen LogP contribution in [0.5, 0.6) is 0 Å². The van der Waals surface area contributed by atoms with Crippen LogP contribution in [0.15, 0.2) is 12.3 Å². The Balaban J connectivity index is 2.17. The summed E-state index contributed by atoms with van der Waals surface area (Å²) < 4.78 is 1.88. The van der Waals surface area contributed by atoms with E-state index in [0.717, 1.165) is 31.0 Å². The summed E-state index contributed by atoms with van der Waals surface area (Å²) in [5, 5.41) is 15.1. The third-order valence-electron chi connectivity index (χ3n) is 4.99. The van der Waals surface area contributed by atoms with Gasteiger partial charge in [0.1, 0.15) is 6.10 Å². The van der Waals surface area contributed by atoms with Crippen molar-refractivity contribution in [1.29, 1.82) is 0 Å². The van der Waals surface area contributed by atoms with Crippen LogP contribution in [0.1, 0.15) is 57.7 Å². The molecule has 1 aromatic rings. The quantitative estimate of drug-likeness (QED) is 0.859. The lowest BCUT2D eigenvalue weighted by Crippen LogP contribution is -2.40.